The van der Waals surface area contributed by atoms with Crippen LogP contribution in [0.4, 0.5) is 0 Å². The highest BCUT2D eigenvalue weighted by Gasteiger charge is 2.49. The zero-order valence-electron chi connectivity index (χ0n) is 3.82. The average Bonchev–Trinajstić information content (AvgIpc) is 2.13. The van der Waals surface area contributed by atoms with Gasteiger partial charge in [0.25, 0.3) is 0 Å². The number of allylic oxidation sites excluding steroid dienone is 1. The summed E-state index contributed by atoms with van der Waals surface area (Å²) in [6.45, 7) is 3.55. The van der Waals surface area contributed by atoms with Crippen molar-refractivity contribution in [2.45, 2.75) is 10.8 Å². The second-order valence-electron chi connectivity index (χ2n) is 1.81. The van der Waals surface area contributed by atoms with Gasteiger partial charge in [0, 0.05) is 5.92 Å². The topological polar surface area (TPSA) is 0 Å². The van der Waals surface area contributed by atoms with E-state index in [4.69, 9.17) is 23.2 Å². The van der Waals surface area contributed by atoms with Gasteiger partial charge in [-0.2, -0.15) is 0 Å². The van der Waals surface area contributed by atoms with Gasteiger partial charge in [0.1, 0.15) is 4.33 Å². The number of hydrogen-bond donors (Lipinski definition) is 0. The zero-order valence-corrected chi connectivity index (χ0v) is 5.34. The Morgan fingerprint density at radius 1 is 1.71 bits per heavy atom. The van der Waals surface area contributed by atoms with Crippen molar-refractivity contribution >= 4 is 23.2 Å². The maximum absolute atomic E-state index is 5.60. The van der Waals surface area contributed by atoms with Gasteiger partial charge in [0.2, 0.25) is 0 Å². The quantitative estimate of drug-likeness (QED) is 0.384. The minimum Gasteiger partial charge on any atom is -0.103 e. The first-order valence-corrected chi connectivity index (χ1v) is 2.93. The summed E-state index contributed by atoms with van der Waals surface area (Å²) in [6, 6.07) is 0. The normalized spacial score (nSPS) is 34.9. The molecule has 1 unspecified atom stereocenters. The van der Waals surface area contributed by atoms with E-state index in [2.05, 4.69) is 6.58 Å². The van der Waals surface area contributed by atoms with E-state index >= 15 is 0 Å². The molecule has 0 aromatic carbocycles. The van der Waals surface area contributed by atoms with Crippen LogP contribution in [0.3, 0.4) is 0 Å². The fourth-order valence-corrected chi connectivity index (χ4v) is 1.00. The summed E-state index contributed by atoms with van der Waals surface area (Å²) < 4.78 is -0.457. The van der Waals surface area contributed by atoms with Crippen LogP contribution in [0, 0.1) is 5.92 Å². The summed E-state index contributed by atoms with van der Waals surface area (Å²) >= 11 is 11.2. The minimum absolute atomic E-state index is 0.343. The fourth-order valence-electron chi connectivity index (χ4n) is 0.490. The van der Waals surface area contributed by atoms with E-state index in [1.807, 2.05) is 0 Å². The molecule has 1 atom stereocenters. The van der Waals surface area contributed by atoms with Gasteiger partial charge in [-0.3, -0.25) is 0 Å². The molecule has 0 spiro atoms. The van der Waals surface area contributed by atoms with Crippen LogP contribution < -0.4 is 0 Å². The van der Waals surface area contributed by atoms with Crippen LogP contribution in [0.15, 0.2) is 12.7 Å². The Labute approximate surface area is 53.1 Å². The average molecular weight is 137 g/mol. The second-order valence-corrected chi connectivity index (χ2v) is 3.35. The molecule has 0 bridgehead atoms. The predicted octanol–water partition coefficient (Wildman–Crippen LogP) is 2.37. The van der Waals surface area contributed by atoms with Crippen LogP contribution in [-0.2, 0) is 0 Å². The van der Waals surface area contributed by atoms with Gasteiger partial charge >= 0.3 is 0 Å². The number of hydrogen-bond acceptors (Lipinski definition) is 0. The van der Waals surface area contributed by atoms with Gasteiger partial charge in [0.05, 0.1) is 0 Å². The Hall–Kier alpha value is 0.320. The molecule has 0 saturated heterocycles. The molecule has 1 aliphatic carbocycles. The molecule has 0 aromatic rings. The fraction of sp³-hybridized carbons (Fsp3) is 0.600. The van der Waals surface area contributed by atoms with Crippen molar-refractivity contribution in [2.24, 2.45) is 5.92 Å². The molecule has 0 aromatic heterocycles. The number of alkyl halides is 2. The first-order chi connectivity index (χ1) is 3.17. The van der Waals surface area contributed by atoms with E-state index in [0.29, 0.717) is 5.92 Å². The SMILES string of the molecule is C=CC1CC1(Cl)Cl. The molecule has 1 rings (SSSR count). The molecule has 0 heterocycles. The van der Waals surface area contributed by atoms with Crippen LogP contribution >= 0.6 is 23.2 Å². The highest BCUT2D eigenvalue weighted by molar-refractivity contribution is 6.51. The molecular weight excluding hydrogens is 131 g/mol. The summed E-state index contributed by atoms with van der Waals surface area (Å²) in [4.78, 5) is 0. The molecule has 1 fully saturated rings. The number of halogens is 2. The Bertz CT molecular complexity index is 96.3. The highest BCUT2D eigenvalue weighted by atomic mass is 35.5. The maximum atomic E-state index is 5.60. The maximum Gasteiger partial charge on any atom is 0.125 e. The van der Waals surface area contributed by atoms with Gasteiger partial charge in [-0.1, -0.05) is 6.08 Å². The second kappa shape index (κ2) is 1.40. The summed E-state index contributed by atoms with van der Waals surface area (Å²) in [5, 5.41) is 0. The van der Waals surface area contributed by atoms with Gasteiger partial charge < -0.3 is 0 Å². The first-order valence-electron chi connectivity index (χ1n) is 2.17. The Morgan fingerprint density at radius 2 is 2.14 bits per heavy atom. The molecule has 0 nitrogen and oxygen atoms in total. The molecule has 0 radical (unpaired) electrons. The van der Waals surface area contributed by atoms with Gasteiger partial charge in [-0.15, -0.1) is 29.8 Å². The highest BCUT2D eigenvalue weighted by Crippen LogP contribution is 2.53. The lowest BCUT2D eigenvalue weighted by molar-refractivity contribution is 1.10. The van der Waals surface area contributed by atoms with Gasteiger partial charge in [-0.05, 0) is 6.42 Å². The lowest BCUT2D eigenvalue weighted by Crippen LogP contribution is -1.83. The largest absolute Gasteiger partial charge is 0.125 e. The molecule has 7 heavy (non-hydrogen) atoms. The van der Waals surface area contributed by atoms with E-state index in [9.17, 15) is 0 Å². The first kappa shape index (κ1) is 5.46. The smallest absolute Gasteiger partial charge is 0.103 e. The molecule has 1 aliphatic rings. The molecule has 0 amide bonds. The van der Waals surface area contributed by atoms with Crippen LogP contribution in [0.5, 0.6) is 0 Å². The van der Waals surface area contributed by atoms with Crippen molar-refractivity contribution in [3.8, 4) is 0 Å². The third kappa shape index (κ3) is 0.920. The molecule has 1 saturated carbocycles. The molecular formula is C5H6Cl2. The summed E-state index contributed by atoms with van der Waals surface area (Å²) in [5.41, 5.74) is 0. The molecule has 40 valence electrons. The summed E-state index contributed by atoms with van der Waals surface area (Å²) in [7, 11) is 0. The summed E-state index contributed by atoms with van der Waals surface area (Å²) in [5.74, 6) is 0.343. The zero-order chi connectivity index (χ0) is 5.49. The minimum atomic E-state index is -0.457. The standard InChI is InChI=1S/C5H6Cl2/c1-2-4-3-5(4,6)7/h2,4H,1,3H2. The van der Waals surface area contributed by atoms with E-state index in [1.54, 1.807) is 6.08 Å². The summed E-state index contributed by atoms with van der Waals surface area (Å²) in [6.07, 6.45) is 2.67. The van der Waals surface area contributed by atoms with Crippen LogP contribution in [0.2, 0.25) is 0 Å². The van der Waals surface area contributed by atoms with E-state index in [0.717, 1.165) is 6.42 Å². The number of rotatable bonds is 1. The molecule has 0 aliphatic heterocycles. The van der Waals surface area contributed by atoms with Crippen molar-refractivity contribution in [3.63, 3.8) is 0 Å². The van der Waals surface area contributed by atoms with Crippen molar-refractivity contribution in [2.75, 3.05) is 0 Å². The van der Waals surface area contributed by atoms with Gasteiger partial charge in [0.15, 0.2) is 0 Å². The lowest BCUT2D eigenvalue weighted by atomic mass is 10.4. The van der Waals surface area contributed by atoms with E-state index in [-0.39, 0.29) is 0 Å². The Morgan fingerprint density at radius 3 is 2.14 bits per heavy atom. The van der Waals surface area contributed by atoms with E-state index < -0.39 is 4.33 Å². The van der Waals surface area contributed by atoms with Crippen molar-refractivity contribution < 1.29 is 0 Å². The lowest BCUT2D eigenvalue weighted by Gasteiger charge is -1.86. The van der Waals surface area contributed by atoms with Gasteiger partial charge in [-0.25, -0.2) is 0 Å². The van der Waals surface area contributed by atoms with Crippen LogP contribution in [0.1, 0.15) is 6.42 Å². The van der Waals surface area contributed by atoms with E-state index in [1.165, 1.54) is 0 Å². The third-order valence-corrected chi connectivity index (χ3v) is 2.03. The Kier molecular flexibility index (Phi) is 1.09. The Balaban J connectivity index is 2.44. The van der Waals surface area contributed by atoms with Crippen molar-refractivity contribution in [1.82, 2.24) is 0 Å². The molecule has 0 N–H and O–H groups in total. The van der Waals surface area contributed by atoms with Crippen LogP contribution in [-0.4, -0.2) is 4.33 Å². The van der Waals surface area contributed by atoms with Crippen molar-refractivity contribution in [3.05, 3.63) is 12.7 Å². The monoisotopic (exact) mass is 136 g/mol. The predicted molar refractivity (Wildman–Crippen MR) is 32.7 cm³/mol. The van der Waals surface area contributed by atoms with Crippen molar-refractivity contribution in [1.29, 1.82) is 0 Å². The van der Waals surface area contributed by atoms with Crippen LogP contribution in [0.25, 0.3) is 0 Å². The third-order valence-electron chi connectivity index (χ3n) is 1.16. The molecule has 2 heteroatoms.